The second-order valence-corrected chi connectivity index (χ2v) is 6.04. The maximum Gasteiger partial charge on any atom is 0.312 e. The van der Waals surface area contributed by atoms with Crippen molar-refractivity contribution in [3.8, 4) is 11.8 Å². The maximum atomic E-state index is 12.5. The molecule has 2 rings (SSSR count). The summed E-state index contributed by atoms with van der Waals surface area (Å²) in [6.45, 7) is 2.36. The largest absolute Gasteiger partial charge is 0.496 e. The Morgan fingerprint density at radius 1 is 1.40 bits per heavy atom. The van der Waals surface area contributed by atoms with Crippen molar-refractivity contribution in [3.05, 3.63) is 29.8 Å². The molecule has 0 N–H and O–H groups in total. The molecule has 1 aliphatic heterocycles. The number of methoxy groups -OCH3 is 1. The lowest BCUT2D eigenvalue weighted by Crippen LogP contribution is -2.46. The van der Waals surface area contributed by atoms with Crippen LogP contribution in [0.25, 0.3) is 0 Å². The van der Waals surface area contributed by atoms with Crippen LogP contribution in [0, 0.1) is 17.2 Å². The van der Waals surface area contributed by atoms with Crippen molar-refractivity contribution in [3.63, 3.8) is 0 Å². The van der Waals surface area contributed by atoms with E-state index in [9.17, 15) is 9.59 Å². The smallest absolute Gasteiger partial charge is 0.312 e. The average molecular weight is 344 g/mol. The number of unbranched alkanes of at least 4 members (excludes halogenated alkanes) is 1. The molecule has 0 bridgehead atoms. The molecule has 6 heteroatoms. The molecule has 0 radical (unpaired) electrons. The molecule has 0 unspecified atom stereocenters. The molecule has 134 valence electrons. The number of nitrogens with zero attached hydrogens (tertiary/aromatic N) is 2. The Morgan fingerprint density at radius 2 is 2.16 bits per heavy atom. The molecule has 1 heterocycles. The number of amides is 1. The molecule has 25 heavy (non-hydrogen) atoms. The number of likely N-dealkylation sites (tertiary alicyclic amines) is 1. The third kappa shape index (κ3) is 4.30. The predicted molar refractivity (Wildman–Crippen MR) is 91.7 cm³/mol. The number of carbonyl (C=O) groups is 2. The van der Waals surface area contributed by atoms with E-state index in [4.69, 9.17) is 14.7 Å². The van der Waals surface area contributed by atoms with E-state index in [0.29, 0.717) is 25.1 Å². The first-order valence-electron chi connectivity index (χ1n) is 8.60. The zero-order valence-electron chi connectivity index (χ0n) is 14.7. The van der Waals surface area contributed by atoms with E-state index in [0.717, 1.165) is 18.4 Å². The van der Waals surface area contributed by atoms with Crippen molar-refractivity contribution >= 4 is 11.9 Å². The Kier molecular flexibility index (Phi) is 6.81. The van der Waals surface area contributed by atoms with Crippen LogP contribution in [0.15, 0.2) is 24.3 Å². The van der Waals surface area contributed by atoms with Crippen molar-refractivity contribution in [1.82, 2.24) is 4.90 Å². The van der Waals surface area contributed by atoms with E-state index >= 15 is 0 Å². The molecule has 1 amide bonds. The van der Waals surface area contributed by atoms with Gasteiger partial charge in [-0.05, 0) is 18.9 Å². The fourth-order valence-electron chi connectivity index (χ4n) is 3.30. The van der Waals surface area contributed by atoms with Gasteiger partial charge in [0, 0.05) is 18.5 Å². The van der Waals surface area contributed by atoms with E-state index in [1.807, 2.05) is 30.3 Å². The van der Waals surface area contributed by atoms with Gasteiger partial charge in [0.1, 0.15) is 11.8 Å². The molecule has 0 spiro atoms. The van der Waals surface area contributed by atoms with E-state index in [1.54, 1.807) is 12.0 Å². The number of piperidine rings is 1. The number of hydrogen-bond donors (Lipinski definition) is 0. The van der Waals surface area contributed by atoms with Gasteiger partial charge in [0.25, 0.3) is 0 Å². The van der Waals surface area contributed by atoms with E-state index in [-0.39, 0.29) is 12.5 Å². The summed E-state index contributed by atoms with van der Waals surface area (Å²) in [4.78, 5) is 26.8. The third-order valence-electron chi connectivity index (χ3n) is 4.50. The zero-order valence-corrected chi connectivity index (χ0v) is 14.7. The number of hydrogen-bond acceptors (Lipinski definition) is 5. The van der Waals surface area contributed by atoms with Gasteiger partial charge in [0.05, 0.1) is 19.1 Å². The summed E-state index contributed by atoms with van der Waals surface area (Å²) in [5.74, 6) is -0.263. The van der Waals surface area contributed by atoms with Gasteiger partial charge < -0.3 is 14.4 Å². The predicted octanol–water partition coefficient (Wildman–Crippen LogP) is 2.84. The quantitative estimate of drug-likeness (QED) is 0.711. The summed E-state index contributed by atoms with van der Waals surface area (Å²) in [7, 11) is 1.57. The molecule has 0 saturated carbocycles. The number of nitriles is 1. The van der Waals surface area contributed by atoms with Crippen LogP contribution in [-0.4, -0.2) is 37.0 Å². The standard InChI is InChI=1S/C19H24N2O4/c1-3-4-12-21-17(22)10-9-15(19(23)25-13-11-20)18(21)14-7-5-6-8-16(14)24-2/h5-8,15,18H,3-4,9-10,12-13H2,1-2H3/t15-,18-/m0/s1. The molecule has 6 nitrogen and oxygen atoms in total. The van der Waals surface area contributed by atoms with E-state index < -0.39 is 17.9 Å². The van der Waals surface area contributed by atoms with Crippen molar-refractivity contribution < 1.29 is 19.1 Å². The Balaban J connectivity index is 2.42. The first-order valence-corrected chi connectivity index (χ1v) is 8.60. The van der Waals surface area contributed by atoms with Crippen LogP contribution in [0.2, 0.25) is 0 Å². The number of rotatable bonds is 7. The number of esters is 1. The molecule has 1 aliphatic rings. The lowest BCUT2D eigenvalue weighted by Gasteiger charge is -2.40. The summed E-state index contributed by atoms with van der Waals surface area (Å²) in [6, 6.07) is 8.81. The van der Waals surface area contributed by atoms with Crippen LogP contribution in [-0.2, 0) is 14.3 Å². The van der Waals surface area contributed by atoms with Crippen LogP contribution in [0.1, 0.15) is 44.2 Å². The number of para-hydroxylation sites is 1. The fourth-order valence-corrected chi connectivity index (χ4v) is 3.30. The molecular weight excluding hydrogens is 320 g/mol. The van der Waals surface area contributed by atoms with Crippen molar-refractivity contribution in [1.29, 1.82) is 5.26 Å². The molecule has 1 aromatic rings. The molecule has 2 atom stereocenters. The van der Waals surface area contributed by atoms with Crippen LogP contribution in [0.3, 0.4) is 0 Å². The first-order chi connectivity index (χ1) is 12.1. The van der Waals surface area contributed by atoms with Gasteiger partial charge >= 0.3 is 5.97 Å². The topological polar surface area (TPSA) is 79.6 Å². The summed E-state index contributed by atoms with van der Waals surface area (Å²) >= 11 is 0. The zero-order chi connectivity index (χ0) is 18.2. The highest BCUT2D eigenvalue weighted by Crippen LogP contribution is 2.41. The molecule has 1 fully saturated rings. The monoisotopic (exact) mass is 344 g/mol. The third-order valence-corrected chi connectivity index (χ3v) is 4.50. The van der Waals surface area contributed by atoms with Gasteiger partial charge in [-0.3, -0.25) is 9.59 Å². The SMILES string of the molecule is CCCCN1C(=O)CC[C@H](C(=O)OCC#N)[C@@H]1c1ccccc1OC. The van der Waals surface area contributed by atoms with Crippen LogP contribution >= 0.6 is 0 Å². The molecule has 1 aromatic carbocycles. The molecule has 0 aromatic heterocycles. The normalized spacial score (nSPS) is 20.0. The molecular formula is C19H24N2O4. The van der Waals surface area contributed by atoms with Gasteiger partial charge in [-0.25, -0.2) is 0 Å². The second-order valence-electron chi connectivity index (χ2n) is 6.04. The van der Waals surface area contributed by atoms with Gasteiger partial charge in [0.15, 0.2) is 6.61 Å². The Hall–Kier alpha value is -2.55. The minimum atomic E-state index is -0.501. The Labute approximate surface area is 148 Å². The minimum Gasteiger partial charge on any atom is -0.496 e. The summed E-state index contributed by atoms with van der Waals surface area (Å²) in [6.07, 6.45) is 2.53. The highest BCUT2D eigenvalue weighted by atomic mass is 16.5. The number of carbonyl (C=O) groups excluding carboxylic acids is 2. The fraction of sp³-hybridized carbons (Fsp3) is 0.526. The minimum absolute atomic E-state index is 0.0358. The number of ether oxygens (including phenoxy) is 2. The van der Waals surface area contributed by atoms with Crippen LogP contribution in [0.5, 0.6) is 5.75 Å². The Morgan fingerprint density at radius 3 is 2.84 bits per heavy atom. The van der Waals surface area contributed by atoms with Crippen molar-refractivity contribution in [2.24, 2.45) is 5.92 Å². The first kappa shape index (κ1) is 18.8. The van der Waals surface area contributed by atoms with Crippen LogP contribution in [0.4, 0.5) is 0 Å². The van der Waals surface area contributed by atoms with Crippen molar-refractivity contribution in [2.45, 2.75) is 38.6 Å². The van der Waals surface area contributed by atoms with Gasteiger partial charge in [0.2, 0.25) is 5.91 Å². The van der Waals surface area contributed by atoms with E-state index in [1.165, 1.54) is 0 Å². The van der Waals surface area contributed by atoms with E-state index in [2.05, 4.69) is 6.92 Å². The van der Waals surface area contributed by atoms with Gasteiger partial charge in [-0.2, -0.15) is 5.26 Å². The second kappa shape index (κ2) is 9.07. The summed E-state index contributed by atoms with van der Waals surface area (Å²) in [5.41, 5.74) is 0.799. The highest BCUT2D eigenvalue weighted by molar-refractivity contribution is 5.82. The summed E-state index contributed by atoms with van der Waals surface area (Å²) in [5, 5.41) is 8.68. The average Bonchev–Trinajstić information content (AvgIpc) is 2.64. The summed E-state index contributed by atoms with van der Waals surface area (Å²) < 4.78 is 10.5. The lowest BCUT2D eigenvalue weighted by atomic mass is 9.83. The molecule has 1 saturated heterocycles. The van der Waals surface area contributed by atoms with Crippen molar-refractivity contribution in [2.75, 3.05) is 20.3 Å². The molecule has 0 aliphatic carbocycles. The van der Waals surface area contributed by atoms with Gasteiger partial charge in [-0.1, -0.05) is 31.5 Å². The maximum absolute atomic E-state index is 12.5. The number of benzene rings is 1. The Bertz CT molecular complexity index is 653. The highest BCUT2D eigenvalue weighted by Gasteiger charge is 2.42. The van der Waals surface area contributed by atoms with Crippen LogP contribution < -0.4 is 4.74 Å². The van der Waals surface area contributed by atoms with Gasteiger partial charge in [-0.15, -0.1) is 0 Å². The lowest BCUT2D eigenvalue weighted by molar-refractivity contribution is -0.156.